The van der Waals surface area contributed by atoms with Crippen molar-refractivity contribution < 1.29 is 4.74 Å². The summed E-state index contributed by atoms with van der Waals surface area (Å²) < 4.78 is 5.21. The lowest BCUT2D eigenvalue weighted by atomic mass is 10.2. The molecule has 0 heterocycles. The molecule has 0 spiro atoms. The molecule has 17 heavy (non-hydrogen) atoms. The summed E-state index contributed by atoms with van der Waals surface area (Å²) in [5.41, 5.74) is 0. The van der Waals surface area contributed by atoms with Crippen molar-refractivity contribution in [3.63, 3.8) is 0 Å². The Bertz CT molecular complexity index is 313. The van der Waals surface area contributed by atoms with Crippen LogP contribution in [-0.2, 0) is 0 Å². The molecule has 0 aliphatic rings. The number of methoxy groups -OCH3 is 1. The van der Waals surface area contributed by atoms with Crippen LogP contribution in [0.2, 0.25) is 0 Å². The zero-order valence-corrected chi connectivity index (χ0v) is 11.8. The first-order valence-corrected chi connectivity index (χ1v) is 7.29. The highest BCUT2D eigenvalue weighted by atomic mass is 32.2. The smallest absolute Gasteiger partial charge is 0.119 e. The van der Waals surface area contributed by atoms with Gasteiger partial charge in [-0.15, -0.1) is 11.8 Å². The lowest BCUT2D eigenvalue weighted by Gasteiger charge is -2.14. The van der Waals surface area contributed by atoms with Crippen molar-refractivity contribution in [1.82, 2.24) is 5.32 Å². The van der Waals surface area contributed by atoms with Gasteiger partial charge < -0.3 is 10.1 Å². The Hall–Kier alpha value is -0.670. The summed E-state index contributed by atoms with van der Waals surface area (Å²) in [5.74, 6) is 2.03. The molecule has 0 atom stereocenters. The number of ether oxygens (including phenoxy) is 1. The molecule has 1 rings (SSSR count). The first-order valence-electron chi connectivity index (χ1n) is 6.30. The molecule has 2 nitrogen and oxygen atoms in total. The predicted octanol–water partition coefficient (Wildman–Crippen LogP) is 3.57. The van der Waals surface area contributed by atoms with E-state index in [1.165, 1.54) is 17.7 Å². The zero-order chi connectivity index (χ0) is 12.5. The van der Waals surface area contributed by atoms with Gasteiger partial charge in [0.15, 0.2) is 0 Å². The molecular formula is C14H23NOS. The zero-order valence-electron chi connectivity index (χ0n) is 11.0. The minimum Gasteiger partial charge on any atom is -0.497 e. The van der Waals surface area contributed by atoms with E-state index in [2.05, 4.69) is 31.3 Å². The van der Waals surface area contributed by atoms with Crippen molar-refractivity contribution in [2.45, 2.75) is 37.6 Å². The lowest BCUT2D eigenvalue weighted by molar-refractivity contribution is 0.413. The van der Waals surface area contributed by atoms with Gasteiger partial charge in [0, 0.05) is 23.2 Å². The number of rotatable bonds is 8. The predicted molar refractivity (Wildman–Crippen MR) is 76.1 cm³/mol. The molecule has 0 bridgehead atoms. The first-order chi connectivity index (χ1) is 8.30. The van der Waals surface area contributed by atoms with Crippen molar-refractivity contribution >= 4 is 11.8 Å². The van der Waals surface area contributed by atoms with Gasteiger partial charge in [-0.1, -0.05) is 19.9 Å². The monoisotopic (exact) mass is 253 g/mol. The van der Waals surface area contributed by atoms with Crippen LogP contribution >= 0.6 is 11.8 Å². The second-order valence-electron chi connectivity index (χ2n) is 3.99. The van der Waals surface area contributed by atoms with E-state index < -0.39 is 0 Å². The molecule has 1 aromatic rings. The van der Waals surface area contributed by atoms with Crippen molar-refractivity contribution in [3.8, 4) is 5.75 Å². The maximum absolute atomic E-state index is 5.21. The van der Waals surface area contributed by atoms with E-state index in [0.29, 0.717) is 6.04 Å². The average Bonchev–Trinajstić information content (AvgIpc) is 2.39. The summed E-state index contributed by atoms with van der Waals surface area (Å²) in [6, 6.07) is 8.90. The van der Waals surface area contributed by atoms with Gasteiger partial charge in [-0.2, -0.15) is 0 Å². The van der Waals surface area contributed by atoms with Crippen LogP contribution in [0.25, 0.3) is 0 Å². The molecule has 0 saturated carbocycles. The quantitative estimate of drug-likeness (QED) is 0.565. The van der Waals surface area contributed by atoms with E-state index in [4.69, 9.17) is 4.74 Å². The highest BCUT2D eigenvalue weighted by Crippen LogP contribution is 2.22. The first kappa shape index (κ1) is 14.4. The molecule has 0 aliphatic carbocycles. The van der Waals surface area contributed by atoms with Crippen molar-refractivity contribution in [3.05, 3.63) is 24.3 Å². The minimum absolute atomic E-state index is 0.668. The Labute approximate surface area is 109 Å². The third-order valence-electron chi connectivity index (χ3n) is 2.83. The molecule has 3 heteroatoms. The summed E-state index contributed by atoms with van der Waals surface area (Å²) in [4.78, 5) is 1.27. The summed E-state index contributed by atoms with van der Waals surface area (Å²) in [5, 5.41) is 3.57. The van der Waals surface area contributed by atoms with Crippen molar-refractivity contribution in [2.24, 2.45) is 0 Å². The third kappa shape index (κ3) is 5.46. The van der Waals surface area contributed by atoms with Gasteiger partial charge in [-0.3, -0.25) is 0 Å². The maximum atomic E-state index is 5.21. The summed E-state index contributed by atoms with van der Waals surface area (Å²) in [7, 11) is 1.71. The Morgan fingerprint density at radius 3 is 2.71 bits per heavy atom. The fourth-order valence-corrected chi connectivity index (χ4v) is 2.53. The molecule has 0 unspecified atom stereocenters. The number of thioether (sulfide) groups is 1. The summed E-state index contributed by atoms with van der Waals surface area (Å²) >= 11 is 1.87. The molecule has 0 aromatic heterocycles. The molecule has 0 saturated heterocycles. The average molecular weight is 253 g/mol. The van der Waals surface area contributed by atoms with Crippen LogP contribution in [0.1, 0.15) is 26.7 Å². The van der Waals surface area contributed by atoms with Crippen LogP contribution in [0.4, 0.5) is 0 Å². The molecule has 1 N–H and O–H groups in total. The number of hydrogen-bond donors (Lipinski definition) is 1. The van der Waals surface area contributed by atoms with Crippen LogP contribution in [0.3, 0.4) is 0 Å². The van der Waals surface area contributed by atoms with E-state index in [1.54, 1.807) is 7.11 Å². The largest absolute Gasteiger partial charge is 0.497 e. The third-order valence-corrected chi connectivity index (χ3v) is 3.83. The van der Waals surface area contributed by atoms with Crippen LogP contribution < -0.4 is 10.1 Å². The normalized spacial score (nSPS) is 10.8. The number of nitrogens with one attached hydrogen (secondary N) is 1. The van der Waals surface area contributed by atoms with Crippen LogP contribution in [0.5, 0.6) is 5.75 Å². The van der Waals surface area contributed by atoms with Crippen LogP contribution in [-0.4, -0.2) is 25.4 Å². The highest BCUT2D eigenvalue weighted by Gasteiger charge is 2.01. The van der Waals surface area contributed by atoms with Crippen molar-refractivity contribution in [1.29, 1.82) is 0 Å². The Morgan fingerprint density at radius 2 is 2.06 bits per heavy atom. The molecule has 96 valence electrons. The van der Waals surface area contributed by atoms with E-state index in [-0.39, 0.29) is 0 Å². The molecule has 0 amide bonds. The van der Waals surface area contributed by atoms with Gasteiger partial charge in [0.25, 0.3) is 0 Å². The Morgan fingerprint density at radius 1 is 1.29 bits per heavy atom. The second kappa shape index (κ2) is 8.43. The van der Waals surface area contributed by atoms with Gasteiger partial charge in [-0.25, -0.2) is 0 Å². The second-order valence-corrected chi connectivity index (χ2v) is 5.16. The topological polar surface area (TPSA) is 21.3 Å². The van der Waals surface area contributed by atoms with Gasteiger partial charge in [0.05, 0.1) is 7.11 Å². The standard InChI is InChI=1S/C14H23NOS/c1-4-12(5-2)15-9-10-17-14-8-6-7-13(11-14)16-3/h6-8,11-12,15H,4-5,9-10H2,1-3H3. The van der Waals surface area contributed by atoms with Crippen molar-refractivity contribution in [2.75, 3.05) is 19.4 Å². The number of hydrogen-bond acceptors (Lipinski definition) is 3. The SMILES string of the molecule is CCC(CC)NCCSc1cccc(OC)c1. The van der Waals surface area contributed by atoms with Gasteiger partial charge in [0.1, 0.15) is 5.75 Å². The fourth-order valence-electron chi connectivity index (χ4n) is 1.70. The Kier molecular flexibility index (Phi) is 7.13. The van der Waals surface area contributed by atoms with Gasteiger partial charge >= 0.3 is 0 Å². The molecule has 0 fully saturated rings. The van der Waals surface area contributed by atoms with E-state index in [0.717, 1.165) is 18.0 Å². The van der Waals surface area contributed by atoms with Gasteiger partial charge in [-0.05, 0) is 31.0 Å². The molecular weight excluding hydrogens is 230 g/mol. The summed E-state index contributed by atoms with van der Waals surface area (Å²) in [6.07, 6.45) is 2.42. The Balaban J connectivity index is 2.26. The van der Waals surface area contributed by atoms with E-state index in [1.807, 2.05) is 23.9 Å². The van der Waals surface area contributed by atoms with E-state index >= 15 is 0 Å². The highest BCUT2D eigenvalue weighted by molar-refractivity contribution is 7.99. The van der Waals surface area contributed by atoms with Crippen LogP contribution in [0, 0.1) is 0 Å². The van der Waals surface area contributed by atoms with Crippen LogP contribution in [0.15, 0.2) is 29.2 Å². The lowest BCUT2D eigenvalue weighted by Crippen LogP contribution is -2.29. The molecule has 0 aliphatic heterocycles. The van der Waals surface area contributed by atoms with E-state index in [9.17, 15) is 0 Å². The molecule has 1 aromatic carbocycles. The maximum Gasteiger partial charge on any atom is 0.119 e. The molecule has 0 radical (unpaired) electrons. The number of benzene rings is 1. The fraction of sp³-hybridized carbons (Fsp3) is 0.571. The van der Waals surface area contributed by atoms with Gasteiger partial charge in [0.2, 0.25) is 0 Å². The minimum atomic E-state index is 0.668. The summed E-state index contributed by atoms with van der Waals surface area (Å²) in [6.45, 7) is 5.53.